The standard InChI is InChI=1S/C15H26N2O5/c1-9(2)12(18)17-8-10(7-11(17)13(19)21-6)16-14(20)22-15(3,4)5/h9-11H,7-8H2,1-6H3,(H,16,20)/t10-,11-/m1/s1. The lowest BCUT2D eigenvalue weighted by molar-refractivity contribution is -0.152. The second kappa shape index (κ2) is 6.98. The highest BCUT2D eigenvalue weighted by molar-refractivity contribution is 5.86. The minimum Gasteiger partial charge on any atom is -0.467 e. The van der Waals surface area contributed by atoms with E-state index in [1.54, 1.807) is 34.6 Å². The molecule has 22 heavy (non-hydrogen) atoms. The van der Waals surface area contributed by atoms with Gasteiger partial charge in [-0.1, -0.05) is 13.8 Å². The summed E-state index contributed by atoms with van der Waals surface area (Å²) in [6.07, 6.45) is -0.232. The van der Waals surface area contributed by atoms with Gasteiger partial charge in [0.25, 0.3) is 0 Å². The van der Waals surface area contributed by atoms with Crippen molar-refractivity contribution >= 4 is 18.0 Å². The molecule has 1 fully saturated rings. The number of likely N-dealkylation sites (tertiary alicyclic amines) is 1. The first-order chi connectivity index (χ1) is 10.0. The van der Waals surface area contributed by atoms with Gasteiger partial charge in [-0.3, -0.25) is 4.79 Å². The summed E-state index contributed by atoms with van der Waals surface area (Å²) in [4.78, 5) is 37.4. The Morgan fingerprint density at radius 2 is 1.82 bits per heavy atom. The van der Waals surface area contributed by atoms with Crippen LogP contribution in [0, 0.1) is 5.92 Å². The van der Waals surface area contributed by atoms with Gasteiger partial charge < -0.3 is 19.7 Å². The molecule has 0 radical (unpaired) electrons. The zero-order chi connectivity index (χ0) is 17.1. The van der Waals surface area contributed by atoms with Crippen LogP contribution >= 0.6 is 0 Å². The van der Waals surface area contributed by atoms with Gasteiger partial charge in [0.05, 0.1) is 13.2 Å². The van der Waals surface area contributed by atoms with Gasteiger partial charge in [0, 0.05) is 18.9 Å². The molecule has 1 N–H and O–H groups in total. The van der Waals surface area contributed by atoms with Crippen LogP contribution in [0.1, 0.15) is 41.0 Å². The molecule has 0 unspecified atom stereocenters. The zero-order valence-electron chi connectivity index (χ0n) is 14.1. The number of esters is 1. The molecule has 0 bridgehead atoms. The van der Waals surface area contributed by atoms with Crippen LogP contribution in [0.2, 0.25) is 0 Å². The molecule has 0 saturated carbocycles. The van der Waals surface area contributed by atoms with Crippen LogP contribution < -0.4 is 5.32 Å². The third-order valence-electron chi connectivity index (χ3n) is 3.27. The first-order valence-corrected chi connectivity index (χ1v) is 7.43. The van der Waals surface area contributed by atoms with Crippen LogP contribution in [0.15, 0.2) is 0 Å². The Labute approximate surface area is 131 Å². The molecule has 0 aromatic rings. The first-order valence-electron chi connectivity index (χ1n) is 7.43. The van der Waals surface area contributed by atoms with Gasteiger partial charge in [0.1, 0.15) is 11.6 Å². The van der Waals surface area contributed by atoms with E-state index in [2.05, 4.69) is 5.32 Å². The molecule has 2 amide bonds. The number of carbonyl (C=O) groups is 3. The SMILES string of the molecule is COC(=O)[C@H]1C[C@@H](NC(=O)OC(C)(C)C)CN1C(=O)C(C)C. The van der Waals surface area contributed by atoms with E-state index in [1.807, 2.05) is 0 Å². The van der Waals surface area contributed by atoms with Gasteiger partial charge >= 0.3 is 12.1 Å². The second-order valence-corrected chi connectivity index (χ2v) is 6.76. The Morgan fingerprint density at radius 3 is 2.27 bits per heavy atom. The van der Waals surface area contributed by atoms with Gasteiger partial charge in [0.15, 0.2) is 0 Å². The number of methoxy groups -OCH3 is 1. The van der Waals surface area contributed by atoms with Crippen molar-refractivity contribution in [1.29, 1.82) is 0 Å². The van der Waals surface area contributed by atoms with Crippen molar-refractivity contribution < 1.29 is 23.9 Å². The summed E-state index contributed by atoms with van der Waals surface area (Å²) in [7, 11) is 1.29. The van der Waals surface area contributed by atoms with E-state index in [-0.39, 0.29) is 24.4 Å². The number of carbonyl (C=O) groups excluding carboxylic acids is 3. The van der Waals surface area contributed by atoms with E-state index in [1.165, 1.54) is 12.0 Å². The zero-order valence-corrected chi connectivity index (χ0v) is 14.1. The number of rotatable bonds is 3. The fourth-order valence-corrected chi connectivity index (χ4v) is 2.35. The summed E-state index contributed by atoms with van der Waals surface area (Å²) in [6, 6.07) is -0.999. The molecule has 7 heteroatoms. The Kier molecular flexibility index (Phi) is 5.79. The van der Waals surface area contributed by atoms with Gasteiger partial charge in [-0.25, -0.2) is 9.59 Å². The van der Waals surface area contributed by atoms with Crippen LogP contribution in [-0.4, -0.2) is 54.2 Å². The molecule has 1 heterocycles. The molecule has 7 nitrogen and oxygen atoms in total. The Morgan fingerprint density at radius 1 is 1.23 bits per heavy atom. The molecular weight excluding hydrogens is 288 g/mol. The largest absolute Gasteiger partial charge is 0.467 e. The first kappa shape index (κ1) is 18.3. The Hall–Kier alpha value is -1.79. The average Bonchev–Trinajstić information content (AvgIpc) is 2.77. The maximum Gasteiger partial charge on any atom is 0.407 e. The molecule has 1 saturated heterocycles. The molecule has 1 aliphatic rings. The summed E-state index contributed by atoms with van der Waals surface area (Å²) in [6.45, 7) is 9.12. The summed E-state index contributed by atoms with van der Waals surface area (Å²) in [5, 5.41) is 2.71. The average molecular weight is 314 g/mol. The van der Waals surface area contributed by atoms with E-state index in [0.29, 0.717) is 6.42 Å². The quantitative estimate of drug-likeness (QED) is 0.794. The van der Waals surface area contributed by atoms with E-state index in [9.17, 15) is 14.4 Å². The molecule has 1 aliphatic heterocycles. The highest BCUT2D eigenvalue weighted by atomic mass is 16.6. The van der Waals surface area contributed by atoms with E-state index in [4.69, 9.17) is 9.47 Å². The number of ether oxygens (including phenoxy) is 2. The number of alkyl carbamates (subject to hydrolysis) is 1. The molecule has 126 valence electrons. The van der Waals surface area contributed by atoms with Crippen molar-refractivity contribution in [3.05, 3.63) is 0 Å². The monoisotopic (exact) mass is 314 g/mol. The minimum atomic E-state index is -0.667. The predicted molar refractivity (Wildman–Crippen MR) is 80.1 cm³/mol. The van der Waals surface area contributed by atoms with Crippen molar-refractivity contribution in [3.63, 3.8) is 0 Å². The maximum absolute atomic E-state index is 12.2. The molecule has 0 aliphatic carbocycles. The van der Waals surface area contributed by atoms with Crippen molar-refractivity contribution in [2.75, 3.05) is 13.7 Å². The normalized spacial score (nSPS) is 21.7. The highest BCUT2D eigenvalue weighted by Gasteiger charge is 2.41. The minimum absolute atomic E-state index is 0.135. The van der Waals surface area contributed by atoms with E-state index >= 15 is 0 Å². The lowest BCUT2D eigenvalue weighted by atomic mass is 10.1. The molecule has 2 atom stereocenters. The fraction of sp³-hybridized carbons (Fsp3) is 0.800. The fourth-order valence-electron chi connectivity index (χ4n) is 2.35. The van der Waals surface area contributed by atoms with Gasteiger partial charge in [-0.05, 0) is 20.8 Å². The van der Waals surface area contributed by atoms with Crippen molar-refractivity contribution in [2.24, 2.45) is 5.92 Å². The lowest BCUT2D eigenvalue weighted by Crippen LogP contribution is -2.44. The van der Waals surface area contributed by atoms with Crippen molar-refractivity contribution in [3.8, 4) is 0 Å². The lowest BCUT2D eigenvalue weighted by Gasteiger charge is -2.24. The molecule has 0 aromatic carbocycles. The van der Waals surface area contributed by atoms with Crippen LogP contribution in [0.4, 0.5) is 4.79 Å². The highest BCUT2D eigenvalue weighted by Crippen LogP contribution is 2.22. The Balaban J connectivity index is 2.75. The summed E-state index contributed by atoms with van der Waals surface area (Å²) in [5.41, 5.74) is -0.599. The molecular formula is C15H26N2O5. The van der Waals surface area contributed by atoms with Gasteiger partial charge in [0.2, 0.25) is 5.91 Å². The maximum atomic E-state index is 12.2. The van der Waals surface area contributed by atoms with Crippen LogP contribution in [-0.2, 0) is 19.1 Å². The third kappa shape index (κ3) is 4.89. The van der Waals surface area contributed by atoms with Crippen LogP contribution in [0.5, 0.6) is 0 Å². The van der Waals surface area contributed by atoms with Crippen LogP contribution in [0.3, 0.4) is 0 Å². The van der Waals surface area contributed by atoms with E-state index in [0.717, 1.165) is 0 Å². The molecule has 0 aromatic heterocycles. The predicted octanol–water partition coefficient (Wildman–Crippen LogP) is 1.31. The molecule has 1 rings (SSSR count). The number of amides is 2. The van der Waals surface area contributed by atoms with Crippen LogP contribution in [0.25, 0.3) is 0 Å². The topological polar surface area (TPSA) is 84.9 Å². The summed E-state index contributed by atoms with van der Waals surface area (Å²) < 4.78 is 9.95. The smallest absolute Gasteiger partial charge is 0.407 e. The Bertz CT molecular complexity index is 442. The second-order valence-electron chi connectivity index (χ2n) is 6.76. The van der Waals surface area contributed by atoms with Crippen molar-refractivity contribution in [2.45, 2.75) is 58.7 Å². The number of nitrogens with one attached hydrogen (secondary N) is 1. The number of hydrogen-bond acceptors (Lipinski definition) is 5. The number of nitrogens with zero attached hydrogens (tertiary/aromatic N) is 1. The van der Waals surface area contributed by atoms with Gasteiger partial charge in [-0.2, -0.15) is 0 Å². The number of hydrogen-bond donors (Lipinski definition) is 1. The van der Waals surface area contributed by atoms with E-state index < -0.39 is 23.7 Å². The summed E-state index contributed by atoms with van der Waals surface area (Å²) >= 11 is 0. The third-order valence-corrected chi connectivity index (χ3v) is 3.27. The molecule has 0 spiro atoms. The van der Waals surface area contributed by atoms with Crippen molar-refractivity contribution in [1.82, 2.24) is 10.2 Å². The van der Waals surface area contributed by atoms with Gasteiger partial charge in [-0.15, -0.1) is 0 Å². The summed E-state index contributed by atoms with van der Waals surface area (Å²) in [5.74, 6) is -0.834.